The van der Waals surface area contributed by atoms with E-state index in [2.05, 4.69) is 35.4 Å². The van der Waals surface area contributed by atoms with Crippen molar-refractivity contribution in [2.75, 3.05) is 5.32 Å². The van der Waals surface area contributed by atoms with Gasteiger partial charge in [0.05, 0.1) is 21.8 Å². The number of nitrogens with one attached hydrogen (secondary N) is 1. The standard InChI is InChI=1S/C15H11N3S/c1-10-4-2-7-13-14(10)18-15(19-13)17-12-6-3-5-11(8-12)9-16/h2-8H,1H3,(H,17,18). The Balaban J connectivity index is 1.97. The molecule has 1 N–H and O–H groups in total. The highest BCUT2D eigenvalue weighted by molar-refractivity contribution is 7.22. The summed E-state index contributed by atoms with van der Waals surface area (Å²) >= 11 is 1.61. The SMILES string of the molecule is Cc1cccc2sc(Nc3cccc(C#N)c3)nc12. The van der Waals surface area contributed by atoms with Gasteiger partial charge in [-0.3, -0.25) is 0 Å². The van der Waals surface area contributed by atoms with E-state index in [-0.39, 0.29) is 0 Å². The molecule has 0 atom stereocenters. The zero-order valence-corrected chi connectivity index (χ0v) is 11.2. The van der Waals surface area contributed by atoms with Gasteiger partial charge in [-0.05, 0) is 36.8 Å². The Labute approximate surface area is 115 Å². The monoisotopic (exact) mass is 265 g/mol. The van der Waals surface area contributed by atoms with E-state index in [1.54, 1.807) is 17.4 Å². The minimum Gasteiger partial charge on any atom is -0.331 e. The van der Waals surface area contributed by atoms with Crippen LogP contribution in [0.3, 0.4) is 0 Å². The molecule has 1 heterocycles. The largest absolute Gasteiger partial charge is 0.331 e. The first-order valence-corrected chi connectivity index (χ1v) is 6.71. The Kier molecular flexibility index (Phi) is 2.90. The summed E-state index contributed by atoms with van der Waals surface area (Å²) in [7, 11) is 0. The molecule has 92 valence electrons. The Bertz CT molecular complexity index is 783. The molecule has 3 nitrogen and oxygen atoms in total. The van der Waals surface area contributed by atoms with E-state index in [0.717, 1.165) is 16.3 Å². The summed E-state index contributed by atoms with van der Waals surface area (Å²) in [6.07, 6.45) is 0. The van der Waals surface area contributed by atoms with Crippen molar-refractivity contribution < 1.29 is 0 Å². The van der Waals surface area contributed by atoms with Crippen molar-refractivity contribution in [3.8, 4) is 6.07 Å². The molecule has 4 heteroatoms. The van der Waals surface area contributed by atoms with Crippen molar-refractivity contribution in [2.24, 2.45) is 0 Å². The maximum Gasteiger partial charge on any atom is 0.188 e. The summed E-state index contributed by atoms with van der Waals surface area (Å²) in [5, 5.41) is 13.0. The minimum absolute atomic E-state index is 0.641. The van der Waals surface area contributed by atoms with Gasteiger partial charge in [0.1, 0.15) is 0 Å². The number of nitriles is 1. The van der Waals surface area contributed by atoms with Gasteiger partial charge in [0.15, 0.2) is 5.13 Å². The molecule has 0 fully saturated rings. The van der Waals surface area contributed by atoms with Crippen molar-refractivity contribution >= 4 is 32.4 Å². The van der Waals surface area contributed by atoms with Crippen molar-refractivity contribution in [2.45, 2.75) is 6.92 Å². The number of nitrogens with zero attached hydrogens (tertiary/aromatic N) is 2. The van der Waals surface area contributed by atoms with Crippen LogP contribution in [0.2, 0.25) is 0 Å². The minimum atomic E-state index is 0.641. The second-order valence-electron chi connectivity index (χ2n) is 4.26. The normalized spacial score (nSPS) is 10.3. The third-order valence-corrected chi connectivity index (χ3v) is 3.80. The van der Waals surface area contributed by atoms with Crippen LogP contribution in [0.15, 0.2) is 42.5 Å². The second kappa shape index (κ2) is 4.71. The first-order valence-electron chi connectivity index (χ1n) is 5.89. The van der Waals surface area contributed by atoms with Gasteiger partial charge >= 0.3 is 0 Å². The van der Waals surface area contributed by atoms with E-state index < -0.39 is 0 Å². The number of benzene rings is 2. The summed E-state index contributed by atoms with van der Waals surface area (Å²) in [5.41, 5.74) is 3.73. The molecule has 0 aliphatic rings. The van der Waals surface area contributed by atoms with Crippen LogP contribution in [0.4, 0.5) is 10.8 Å². The van der Waals surface area contributed by atoms with Gasteiger partial charge in [-0.2, -0.15) is 5.26 Å². The summed E-state index contributed by atoms with van der Waals surface area (Å²) in [5.74, 6) is 0. The number of anilines is 2. The number of hydrogen-bond donors (Lipinski definition) is 1. The molecule has 3 rings (SSSR count). The molecular formula is C15H11N3S. The number of thiazole rings is 1. The average Bonchev–Trinajstić information content (AvgIpc) is 2.83. The number of aromatic nitrogens is 1. The number of para-hydroxylation sites is 1. The van der Waals surface area contributed by atoms with E-state index in [4.69, 9.17) is 5.26 Å². The Morgan fingerprint density at radius 1 is 1.21 bits per heavy atom. The average molecular weight is 265 g/mol. The molecule has 0 aliphatic heterocycles. The van der Waals surface area contributed by atoms with Crippen LogP contribution in [-0.2, 0) is 0 Å². The van der Waals surface area contributed by atoms with Gasteiger partial charge < -0.3 is 5.32 Å². The predicted octanol–water partition coefficient (Wildman–Crippen LogP) is 4.22. The fraction of sp³-hybridized carbons (Fsp3) is 0.0667. The maximum absolute atomic E-state index is 8.89. The van der Waals surface area contributed by atoms with Crippen molar-refractivity contribution in [1.29, 1.82) is 5.26 Å². The summed E-state index contributed by atoms with van der Waals surface area (Å²) < 4.78 is 1.17. The van der Waals surface area contributed by atoms with Gasteiger partial charge in [-0.25, -0.2) is 4.98 Å². The summed E-state index contributed by atoms with van der Waals surface area (Å²) in [4.78, 5) is 4.59. The molecule has 3 aromatic rings. The molecule has 0 unspecified atom stereocenters. The van der Waals surface area contributed by atoms with Crippen LogP contribution in [0.1, 0.15) is 11.1 Å². The number of rotatable bonds is 2. The van der Waals surface area contributed by atoms with Crippen molar-refractivity contribution in [3.63, 3.8) is 0 Å². The van der Waals surface area contributed by atoms with Crippen molar-refractivity contribution in [3.05, 3.63) is 53.6 Å². The van der Waals surface area contributed by atoms with Crippen LogP contribution in [0, 0.1) is 18.3 Å². The molecule has 0 saturated heterocycles. The smallest absolute Gasteiger partial charge is 0.188 e. The highest BCUT2D eigenvalue weighted by atomic mass is 32.1. The molecule has 0 spiro atoms. The molecule has 2 aromatic carbocycles. The Hall–Kier alpha value is -2.38. The topological polar surface area (TPSA) is 48.7 Å². The van der Waals surface area contributed by atoms with Crippen LogP contribution in [-0.4, -0.2) is 4.98 Å². The molecule has 0 saturated carbocycles. The second-order valence-corrected chi connectivity index (χ2v) is 5.29. The highest BCUT2D eigenvalue weighted by Crippen LogP contribution is 2.30. The van der Waals surface area contributed by atoms with E-state index in [1.807, 2.05) is 24.3 Å². The van der Waals surface area contributed by atoms with Gasteiger partial charge in [0.2, 0.25) is 0 Å². The van der Waals surface area contributed by atoms with E-state index in [0.29, 0.717) is 5.56 Å². The van der Waals surface area contributed by atoms with Gasteiger partial charge in [-0.15, -0.1) is 0 Å². The molecule has 0 amide bonds. The Morgan fingerprint density at radius 2 is 2.05 bits per heavy atom. The number of fused-ring (bicyclic) bond motifs is 1. The quantitative estimate of drug-likeness (QED) is 0.754. The van der Waals surface area contributed by atoms with E-state index in [9.17, 15) is 0 Å². The lowest BCUT2D eigenvalue weighted by Crippen LogP contribution is -1.89. The van der Waals surface area contributed by atoms with Crippen LogP contribution >= 0.6 is 11.3 Å². The number of aryl methyl sites for hydroxylation is 1. The third-order valence-electron chi connectivity index (χ3n) is 2.86. The van der Waals surface area contributed by atoms with E-state index >= 15 is 0 Å². The molecule has 0 bridgehead atoms. The van der Waals surface area contributed by atoms with Gasteiger partial charge in [0, 0.05) is 5.69 Å². The van der Waals surface area contributed by atoms with Crippen LogP contribution in [0.5, 0.6) is 0 Å². The first-order chi connectivity index (χ1) is 9.26. The van der Waals surface area contributed by atoms with Crippen LogP contribution in [0.25, 0.3) is 10.2 Å². The number of hydrogen-bond acceptors (Lipinski definition) is 4. The fourth-order valence-electron chi connectivity index (χ4n) is 1.93. The summed E-state index contributed by atoms with van der Waals surface area (Å²) in [6.45, 7) is 2.06. The van der Waals surface area contributed by atoms with E-state index in [1.165, 1.54) is 10.3 Å². The van der Waals surface area contributed by atoms with Crippen LogP contribution < -0.4 is 5.32 Å². The summed E-state index contributed by atoms with van der Waals surface area (Å²) in [6, 6.07) is 15.7. The third kappa shape index (κ3) is 2.28. The maximum atomic E-state index is 8.89. The van der Waals surface area contributed by atoms with Gasteiger partial charge in [0.25, 0.3) is 0 Å². The molecule has 19 heavy (non-hydrogen) atoms. The molecular weight excluding hydrogens is 254 g/mol. The molecule has 0 aliphatic carbocycles. The zero-order chi connectivity index (χ0) is 13.2. The van der Waals surface area contributed by atoms with Crippen molar-refractivity contribution in [1.82, 2.24) is 4.98 Å². The first kappa shape index (κ1) is 11.7. The zero-order valence-electron chi connectivity index (χ0n) is 10.3. The lowest BCUT2D eigenvalue weighted by atomic mass is 10.2. The lowest BCUT2D eigenvalue weighted by molar-refractivity contribution is 1.40. The fourth-order valence-corrected chi connectivity index (χ4v) is 2.89. The molecule has 1 aromatic heterocycles. The lowest BCUT2D eigenvalue weighted by Gasteiger charge is -2.01. The van der Waals surface area contributed by atoms with Gasteiger partial charge in [-0.1, -0.05) is 29.5 Å². The Morgan fingerprint density at radius 3 is 2.84 bits per heavy atom. The molecule has 0 radical (unpaired) electrons. The highest BCUT2D eigenvalue weighted by Gasteiger charge is 2.06. The predicted molar refractivity (Wildman–Crippen MR) is 78.8 cm³/mol.